The molecule has 1 aliphatic heterocycles. The lowest BCUT2D eigenvalue weighted by atomic mass is 10.1. The Bertz CT molecular complexity index is 281. The molecule has 3 rings (SSSR count). The number of rotatable bonds is 6. The maximum Gasteiger partial charge on any atom is 0.234 e. The molecule has 1 heterocycles. The lowest BCUT2D eigenvalue weighted by Gasteiger charge is -2.24. The average Bonchev–Trinajstić information content (AvgIpc) is 3.20. The van der Waals surface area contributed by atoms with Gasteiger partial charge in [0, 0.05) is 25.2 Å². The quantitative estimate of drug-likeness (QED) is 0.743. The van der Waals surface area contributed by atoms with E-state index in [4.69, 9.17) is 4.74 Å². The van der Waals surface area contributed by atoms with E-state index in [-0.39, 0.29) is 5.91 Å². The second kappa shape index (κ2) is 4.94. The third-order valence-electron chi connectivity index (χ3n) is 3.87. The Hall–Kier alpha value is -0.610. The summed E-state index contributed by atoms with van der Waals surface area (Å²) >= 11 is 0. The number of hydrogen-bond donors (Lipinski definition) is 1. The summed E-state index contributed by atoms with van der Waals surface area (Å²) in [6.45, 7) is 3.42. The monoisotopic (exact) mass is 238 g/mol. The number of amides is 1. The van der Waals surface area contributed by atoms with E-state index in [0.29, 0.717) is 24.5 Å². The van der Waals surface area contributed by atoms with Crippen LogP contribution in [0.4, 0.5) is 0 Å². The van der Waals surface area contributed by atoms with Gasteiger partial charge in [-0.05, 0) is 38.0 Å². The van der Waals surface area contributed by atoms with Crippen LogP contribution in [0.15, 0.2) is 0 Å². The number of carbonyl (C=O) groups excluding carboxylic acids is 1. The van der Waals surface area contributed by atoms with Crippen LogP contribution in [0.25, 0.3) is 0 Å². The van der Waals surface area contributed by atoms with Gasteiger partial charge in [0.1, 0.15) is 0 Å². The Morgan fingerprint density at radius 3 is 2.65 bits per heavy atom. The van der Waals surface area contributed by atoms with Crippen molar-refractivity contribution in [3.8, 4) is 0 Å². The minimum absolute atomic E-state index is 0.221. The van der Waals surface area contributed by atoms with Gasteiger partial charge >= 0.3 is 0 Å². The minimum atomic E-state index is 0.221. The van der Waals surface area contributed by atoms with Crippen LogP contribution in [0.5, 0.6) is 0 Å². The van der Waals surface area contributed by atoms with E-state index in [2.05, 4.69) is 10.2 Å². The lowest BCUT2D eigenvalue weighted by Crippen LogP contribution is -2.41. The maximum atomic E-state index is 11.8. The number of ether oxygens (including phenoxy) is 1. The summed E-state index contributed by atoms with van der Waals surface area (Å²) in [4.78, 5) is 14.2. The third-order valence-corrected chi connectivity index (χ3v) is 3.87. The molecule has 0 bridgehead atoms. The third kappa shape index (κ3) is 3.42. The fraction of sp³-hybridized carbons (Fsp3) is 0.923. The molecule has 0 spiro atoms. The first-order valence-electron chi connectivity index (χ1n) is 6.92. The highest BCUT2D eigenvalue weighted by Gasteiger charge is 2.33. The average molecular weight is 238 g/mol. The van der Waals surface area contributed by atoms with Crippen molar-refractivity contribution < 1.29 is 9.53 Å². The first kappa shape index (κ1) is 11.5. The molecule has 0 aromatic heterocycles. The van der Waals surface area contributed by atoms with Gasteiger partial charge in [0.05, 0.1) is 13.2 Å². The fourth-order valence-corrected chi connectivity index (χ4v) is 2.53. The van der Waals surface area contributed by atoms with E-state index in [1.165, 1.54) is 25.7 Å². The molecule has 1 amide bonds. The van der Waals surface area contributed by atoms with Gasteiger partial charge in [0.2, 0.25) is 5.91 Å². The maximum absolute atomic E-state index is 11.8. The van der Waals surface area contributed by atoms with Gasteiger partial charge in [-0.3, -0.25) is 9.69 Å². The van der Waals surface area contributed by atoms with Crippen molar-refractivity contribution in [3.63, 3.8) is 0 Å². The summed E-state index contributed by atoms with van der Waals surface area (Å²) in [7, 11) is 0. The molecular weight excluding hydrogens is 216 g/mol. The van der Waals surface area contributed by atoms with E-state index in [0.717, 1.165) is 26.2 Å². The van der Waals surface area contributed by atoms with E-state index in [9.17, 15) is 4.79 Å². The molecule has 0 aromatic carbocycles. The van der Waals surface area contributed by atoms with Gasteiger partial charge in [0.25, 0.3) is 0 Å². The van der Waals surface area contributed by atoms with Crippen LogP contribution in [-0.2, 0) is 9.53 Å². The van der Waals surface area contributed by atoms with Crippen molar-refractivity contribution >= 4 is 5.91 Å². The zero-order chi connectivity index (χ0) is 11.7. The molecular formula is C13H22N2O2. The van der Waals surface area contributed by atoms with Crippen molar-refractivity contribution in [2.45, 2.75) is 44.2 Å². The topological polar surface area (TPSA) is 41.6 Å². The molecule has 1 atom stereocenters. The molecule has 1 N–H and O–H groups in total. The zero-order valence-corrected chi connectivity index (χ0v) is 10.4. The first-order valence-corrected chi connectivity index (χ1v) is 6.92. The second-order valence-corrected chi connectivity index (χ2v) is 5.73. The summed E-state index contributed by atoms with van der Waals surface area (Å²) in [6, 6.07) is 1.15. The summed E-state index contributed by atoms with van der Waals surface area (Å²) in [5.41, 5.74) is 0. The predicted octanol–water partition coefficient (Wildman–Crippen LogP) is 0.766. The molecule has 0 aromatic rings. The summed E-state index contributed by atoms with van der Waals surface area (Å²) in [5, 5.41) is 3.08. The van der Waals surface area contributed by atoms with E-state index in [1.54, 1.807) is 0 Å². The summed E-state index contributed by atoms with van der Waals surface area (Å²) in [6.07, 6.45) is 6.04. The molecule has 3 fully saturated rings. The van der Waals surface area contributed by atoms with Crippen LogP contribution in [0.1, 0.15) is 32.1 Å². The first-order chi connectivity index (χ1) is 8.31. The van der Waals surface area contributed by atoms with Crippen LogP contribution in [0.3, 0.4) is 0 Å². The molecule has 4 heteroatoms. The number of nitrogens with one attached hydrogen (secondary N) is 1. The van der Waals surface area contributed by atoms with Gasteiger partial charge < -0.3 is 10.1 Å². The lowest BCUT2D eigenvalue weighted by molar-refractivity contribution is -0.122. The standard InChI is InChI=1S/C13H22N2O2/c16-13(14-11-1-2-11)8-15(12-3-4-12)7-10-5-6-17-9-10/h10-12H,1-9H2,(H,14,16)/t10-/m0/s1. The fourth-order valence-electron chi connectivity index (χ4n) is 2.53. The normalized spacial score (nSPS) is 28.6. The number of nitrogens with zero attached hydrogens (tertiary/aromatic N) is 1. The molecule has 4 nitrogen and oxygen atoms in total. The molecule has 3 aliphatic rings. The van der Waals surface area contributed by atoms with Crippen LogP contribution in [0.2, 0.25) is 0 Å². The largest absolute Gasteiger partial charge is 0.381 e. The Labute approximate surface area is 103 Å². The second-order valence-electron chi connectivity index (χ2n) is 5.73. The molecule has 2 aliphatic carbocycles. The summed E-state index contributed by atoms with van der Waals surface area (Å²) < 4.78 is 5.41. The highest BCUT2D eigenvalue weighted by molar-refractivity contribution is 5.78. The van der Waals surface area contributed by atoms with Crippen molar-refractivity contribution in [1.82, 2.24) is 10.2 Å². The highest BCUT2D eigenvalue weighted by Crippen LogP contribution is 2.28. The molecule has 1 saturated heterocycles. The van der Waals surface area contributed by atoms with Gasteiger partial charge in [-0.25, -0.2) is 0 Å². The van der Waals surface area contributed by atoms with E-state index >= 15 is 0 Å². The summed E-state index contributed by atoms with van der Waals surface area (Å²) in [5.74, 6) is 0.864. The van der Waals surface area contributed by atoms with Gasteiger partial charge in [-0.1, -0.05) is 0 Å². The SMILES string of the molecule is O=C(CN(C[C@@H]1CCOC1)C1CC1)NC1CC1. The molecule has 0 unspecified atom stereocenters. The number of hydrogen-bond acceptors (Lipinski definition) is 3. The highest BCUT2D eigenvalue weighted by atomic mass is 16.5. The van der Waals surface area contributed by atoms with Crippen LogP contribution < -0.4 is 5.32 Å². The smallest absolute Gasteiger partial charge is 0.234 e. The molecule has 2 saturated carbocycles. The Morgan fingerprint density at radius 2 is 2.06 bits per heavy atom. The number of carbonyl (C=O) groups is 1. The van der Waals surface area contributed by atoms with E-state index < -0.39 is 0 Å². The predicted molar refractivity (Wildman–Crippen MR) is 64.7 cm³/mol. The van der Waals surface area contributed by atoms with E-state index in [1.807, 2.05) is 0 Å². The van der Waals surface area contributed by atoms with Crippen LogP contribution in [0, 0.1) is 5.92 Å². The van der Waals surface area contributed by atoms with Crippen LogP contribution >= 0.6 is 0 Å². The van der Waals surface area contributed by atoms with Gasteiger partial charge in [0.15, 0.2) is 0 Å². The van der Waals surface area contributed by atoms with Crippen molar-refractivity contribution in [1.29, 1.82) is 0 Å². The van der Waals surface area contributed by atoms with Crippen molar-refractivity contribution in [2.75, 3.05) is 26.3 Å². The van der Waals surface area contributed by atoms with Crippen LogP contribution in [-0.4, -0.2) is 49.2 Å². The molecule has 96 valence electrons. The van der Waals surface area contributed by atoms with Crippen molar-refractivity contribution in [2.24, 2.45) is 5.92 Å². The minimum Gasteiger partial charge on any atom is -0.381 e. The van der Waals surface area contributed by atoms with Gasteiger partial charge in [-0.15, -0.1) is 0 Å². The molecule has 17 heavy (non-hydrogen) atoms. The Kier molecular flexibility index (Phi) is 3.34. The zero-order valence-electron chi connectivity index (χ0n) is 10.4. The van der Waals surface area contributed by atoms with Crippen molar-refractivity contribution in [3.05, 3.63) is 0 Å². The Balaban J connectivity index is 1.46. The Morgan fingerprint density at radius 1 is 1.24 bits per heavy atom. The van der Waals surface area contributed by atoms with Gasteiger partial charge in [-0.2, -0.15) is 0 Å². The molecule has 0 radical (unpaired) electrons.